The topological polar surface area (TPSA) is 95.2 Å². The van der Waals surface area contributed by atoms with Crippen molar-refractivity contribution >= 4 is 6.08 Å². The van der Waals surface area contributed by atoms with Crippen LogP contribution >= 0.6 is 0 Å². The van der Waals surface area contributed by atoms with Crippen LogP contribution in [-0.4, -0.2) is 0 Å². The molecule has 22 heavy (non-hydrogen) atoms. The number of nitrogens with zero attached hydrogens (tertiary/aromatic N) is 4. The molecular formula is C18H10N4. The molecule has 2 aliphatic carbocycles. The van der Waals surface area contributed by atoms with Crippen molar-refractivity contribution in [3.05, 3.63) is 53.1 Å². The lowest BCUT2D eigenvalue weighted by molar-refractivity contribution is 0.251. The van der Waals surface area contributed by atoms with E-state index in [1.165, 1.54) is 0 Å². The van der Waals surface area contributed by atoms with Crippen LogP contribution in [0.5, 0.6) is 0 Å². The Labute approximate surface area is 128 Å². The van der Waals surface area contributed by atoms with Gasteiger partial charge in [0, 0.05) is 12.3 Å². The zero-order valence-corrected chi connectivity index (χ0v) is 11.6. The number of fused-ring (bicyclic) bond motifs is 3. The van der Waals surface area contributed by atoms with E-state index >= 15 is 0 Å². The average Bonchev–Trinajstić information content (AvgIpc) is 2.60. The summed E-state index contributed by atoms with van der Waals surface area (Å²) in [5, 5.41) is 38.7. The molecule has 102 valence electrons. The van der Waals surface area contributed by atoms with Crippen LogP contribution in [0.25, 0.3) is 6.08 Å². The molecule has 0 saturated carbocycles. The summed E-state index contributed by atoms with van der Waals surface area (Å²) < 4.78 is 0. The molecule has 0 radical (unpaired) electrons. The number of rotatable bonds is 0. The third kappa shape index (κ3) is 1.42. The minimum atomic E-state index is -1.72. The van der Waals surface area contributed by atoms with E-state index in [2.05, 4.69) is 0 Å². The van der Waals surface area contributed by atoms with Crippen LogP contribution in [0.1, 0.15) is 23.5 Å². The van der Waals surface area contributed by atoms with Gasteiger partial charge in [-0.05, 0) is 16.7 Å². The first-order valence-corrected chi connectivity index (χ1v) is 6.80. The maximum Gasteiger partial charge on any atom is 0.186 e. The number of hydrogen-bond acceptors (Lipinski definition) is 4. The second-order valence-corrected chi connectivity index (χ2v) is 5.46. The molecule has 0 spiro atoms. The Hall–Kier alpha value is -3.34. The third-order valence-electron chi connectivity index (χ3n) is 4.58. The lowest BCUT2D eigenvalue weighted by Gasteiger charge is -2.43. The molecule has 0 aromatic heterocycles. The Kier molecular flexibility index (Phi) is 2.85. The van der Waals surface area contributed by atoms with E-state index in [1.807, 2.05) is 60.7 Å². The number of nitriles is 4. The van der Waals surface area contributed by atoms with Crippen LogP contribution in [0, 0.1) is 56.2 Å². The predicted molar refractivity (Wildman–Crippen MR) is 78.2 cm³/mol. The first-order chi connectivity index (χ1) is 10.7. The van der Waals surface area contributed by atoms with E-state index in [0.717, 1.165) is 16.7 Å². The minimum Gasteiger partial charge on any atom is -0.196 e. The monoisotopic (exact) mass is 282 g/mol. The summed E-state index contributed by atoms with van der Waals surface area (Å²) >= 11 is 0. The summed E-state index contributed by atoms with van der Waals surface area (Å²) in [5.41, 5.74) is -0.840. The van der Waals surface area contributed by atoms with Crippen molar-refractivity contribution in [3.63, 3.8) is 0 Å². The molecular weight excluding hydrogens is 272 g/mol. The van der Waals surface area contributed by atoms with Gasteiger partial charge in [-0.15, -0.1) is 0 Å². The SMILES string of the molecule is N#CC1(C#N)CC=C2C=Cc3ccccc3C2C1(C#N)C#N. The van der Waals surface area contributed by atoms with Gasteiger partial charge in [0.05, 0.1) is 24.3 Å². The van der Waals surface area contributed by atoms with Crippen molar-refractivity contribution in [1.82, 2.24) is 0 Å². The molecule has 0 fully saturated rings. The molecule has 4 nitrogen and oxygen atoms in total. The fourth-order valence-electron chi connectivity index (χ4n) is 3.37. The standard InChI is InChI=1S/C18H10N4/c19-9-17(10-20)8-7-14-6-5-13-3-1-2-4-15(13)16(14)18(17,11-21)12-22/h1-7,16H,8H2. The Morgan fingerprint density at radius 2 is 1.59 bits per heavy atom. The highest BCUT2D eigenvalue weighted by Crippen LogP contribution is 2.58. The van der Waals surface area contributed by atoms with E-state index in [9.17, 15) is 21.0 Å². The van der Waals surface area contributed by atoms with Gasteiger partial charge in [0.25, 0.3) is 0 Å². The summed E-state index contributed by atoms with van der Waals surface area (Å²) in [6.45, 7) is 0. The van der Waals surface area contributed by atoms with Crippen molar-refractivity contribution in [2.45, 2.75) is 12.3 Å². The molecule has 2 aliphatic rings. The normalized spacial score (nSPS) is 22.5. The van der Waals surface area contributed by atoms with E-state index in [4.69, 9.17) is 0 Å². The Bertz CT molecular complexity index is 849. The quantitative estimate of drug-likeness (QED) is 0.730. The van der Waals surface area contributed by atoms with Crippen molar-refractivity contribution in [1.29, 1.82) is 21.0 Å². The van der Waals surface area contributed by atoms with Gasteiger partial charge in [0.1, 0.15) is 0 Å². The molecule has 0 amide bonds. The number of hydrogen-bond donors (Lipinski definition) is 0. The van der Waals surface area contributed by atoms with Crippen molar-refractivity contribution < 1.29 is 0 Å². The van der Waals surface area contributed by atoms with Crippen LogP contribution in [0.15, 0.2) is 42.0 Å². The smallest absolute Gasteiger partial charge is 0.186 e. The Morgan fingerprint density at radius 1 is 0.909 bits per heavy atom. The molecule has 0 heterocycles. The van der Waals surface area contributed by atoms with E-state index in [1.54, 1.807) is 6.08 Å². The highest BCUT2D eigenvalue weighted by Gasteiger charge is 2.62. The van der Waals surface area contributed by atoms with Crippen LogP contribution in [0.2, 0.25) is 0 Å². The lowest BCUT2D eigenvalue weighted by atomic mass is 9.51. The average molecular weight is 282 g/mol. The summed E-state index contributed by atoms with van der Waals surface area (Å²) in [6, 6.07) is 15.4. The molecule has 1 aromatic rings. The zero-order chi connectivity index (χ0) is 15.8. The van der Waals surface area contributed by atoms with Gasteiger partial charge in [-0.1, -0.05) is 42.5 Å². The van der Waals surface area contributed by atoms with Crippen LogP contribution in [0.3, 0.4) is 0 Å². The second kappa shape index (κ2) is 4.60. The van der Waals surface area contributed by atoms with Gasteiger partial charge >= 0.3 is 0 Å². The first kappa shape index (κ1) is 13.6. The van der Waals surface area contributed by atoms with Gasteiger partial charge in [0.2, 0.25) is 0 Å². The minimum absolute atomic E-state index is 0.0828. The Balaban J connectivity index is 2.38. The molecule has 1 unspecified atom stereocenters. The molecule has 1 aromatic carbocycles. The summed E-state index contributed by atoms with van der Waals surface area (Å²) in [5.74, 6) is -0.586. The zero-order valence-electron chi connectivity index (χ0n) is 11.6. The fraction of sp³-hybridized carbons (Fsp3) is 0.222. The van der Waals surface area contributed by atoms with Crippen LogP contribution in [-0.2, 0) is 0 Å². The molecule has 0 saturated heterocycles. The second-order valence-electron chi connectivity index (χ2n) is 5.46. The van der Waals surface area contributed by atoms with Gasteiger partial charge in [-0.25, -0.2) is 0 Å². The molecule has 0 aliphatic heterocycles. The van der Waals surface area contributed by atoms with Crippen LogP contribution in [0.4, 0.5) is 0 Å². The largest absolute Gasteiger partial charge is 0.196 e. The van der Waals surface area contributed by atoms with Crippen molar-refractivity contribution in [3.8, 4) is 24.3 Å². The van der Waals surface area contributed by atoms with Gasteiger partial charge in [-0.2, -0.15) is 21.0 Å². The Morgan fingerprint density at radius 3 is 2.23 bits per heavy atom. The number of allylic oxidation sites excluding steroid dienone is 3. The summed E-state index contributed by atoms with van der Waals surface area (Å²) in [4.78, 5) is 0. The van der Waals surface area contributed by atoms with E-state index < -0.39 is 16.7 Å². The van der Waals surface area contributed by atoms with E-state index in [0.29, 0.717) is 0 Å². The molecule has 4 heteroatoms. The highest BCUT2D eigenvalue weighted by atomic mass is 14.6. The fourth-order valence-corrected chi connectivity index (χ4v) is 3.37. The predicted octanol–water partition coefficient (Wildman–Crippen LogP) is 3.19. The summed E-state index contributed by atoms with van der Waals surface area (Å²) in [6.07, 6.45) is 5.69. The molecule has 0 N–H and O–H groups in total. The lowest BCUT2D eigenvalue weighted by Crippen LogP contribution is -2.46. The maximum atomic E-state index is 9.78. The number of benzene rings is 1. The highest BCUT2D eigenvalue weighted by molar-refractivity contribution is 5.68. The molecule has 3 rings (SSSR count). The molecule has 1 atom stereocenters. The van der Waals surface area contributed by atoms with Gasteiger partial charge < -0.3 is 0 Å². The van der Waals surface area contributed by atoms with Crippen molar-refractivity contribution in [2.24, 2.45) is 10.8 Å². The first-order valence-electron chi connectivity index (χ1n) is 6.80. The van der Waals surface area contributed by atoms with Gasteiger partial charge in [-0.3, -0.25) is 0 Å². The molecule has 0 bridgehead atoms. The van der Waals surface area contributed by atoms with Gasteiger partial charge in [0.15, 0.2) is 10.8 Å². The maximum absolute atomic E-state index is 9.78. The van der Waals surface area contributed by atoms with Crippen LogP contribution < -0.4 is 0 Å². The van der Waals surface area contributed by atoms with E-state index in [-0.39, 0.29) is 6.42 Å². The third-order valence-corrected chi connectivity index (χ3v) is 4.58. The summed E-state index contributed by atoms with van der Waals surface area (Å²) in [7, 11) is 0. The van der Waals surface area contributed by atoms with Crippen molar-refractivity contribution in [2.75, 3.05) is 0 Å².